The van der Waals surface area contributed by atoms with E-state index >= 15 is 0 Å². The summed E-state index contributed by atoms with van der Waals surface area (Å²) < 4.78 is 0. The Morgan fingerprint density at radius 1 is 1.24 bits per heavy atom. The number of urea groups is 1. The molecule has 1 atom stereocenters. The van der Waals surface area contributed by atoms with Crippen molar-refractivity contribution < 1.29 is 14.7 Å². The molecule has 0 aromatic rings. The SMILES string of the molecule is CC(CC1CC1)NC(=O)NCC1(CC(=O)O)CCCCC1. The second-order valence-corrected chi connectivity index (χ2v) is 7.04. The normalized spacial score (nSPS) is 22.3. The molecule has 0 saturated heterocycles. The van der Waals surface area contributed by atoms with Crippen LogP contribution in [0.5, 0.6) is 0 Å². The van der Waals surface area contributed by atoms with Crippen molar-refractivity contribution in [3.63, 3.8) is 0 Å². The first-order valence-electron chi connectivity index (χ1n) is 8.25. The van der Waals surface area contributed by atoms with Gasteiger partial charge in [0, 0.05) is 12.6 Å². The minimum absolute atomic E-state index is 0.154. The van der Waals surface area contributed by atoms with Crippen LogP contribution in [-0.4, -0.2) is 29.7 Å². The molecule has 5 nitrogen and oxygen atoms in total. The number of amides is 2. The summed E-state index contributed by atoms with van der Waals surface area (Å²) in [5.41, 5.74) is -0.249. The molecule has 0 aromatic heterocycles. The van der Waals surface area contributed by atoms with Gasteiger partial charge < -0.3 is 15.7 Å². The number of carboxylic acid groups (broad SMARTS) is 1. The summed E-state index contributed by atoms with van der Waals surface area (Å²) in [6.07, 6.45) is 8.88. The molecular formula is C16H28N2O3. The van der Waals surface area contributed by atoms with Crippen molar-refractivity contribution in [3.8, 4) is 0 Å². The Morgan fingerprint density at radius 3 is 2.48 bits per heavy atom. The molecule has 120 valence electrons. The van der Waals surface area contributed by atoms with Crippen LogP contribution in [0.15, 0.2) is 0 Å². The third-order valence-electron chi connectivity index (χ3n) is 4.83. The van der Waals surface area contributed by atoms with E-state index in [0.29, 0.717) is 6.54 Å². The Labute approximate surface area is 126 Å². The van der Waals surface area contributed by atoms with Crippen LogP contribution >= 0.6 is 0 Å². The maximum atomic E-state index is 12.0. The van der Waals surface area contributed by atoms with Crippen LogP contribution in [0.1, 0.15) is 64.7 Å². The summed E-state index contributed by atoms with van der Waals surface area (Å²) in [7, 11) is 0. The molecule has 2 aliphatic rings. The van der Waals surface area contributed by atoms with E-state index in [-0.39, 0.29) is 23.9 Å². The second kappa shape index (κ2) is 7.14. The van der Waals surface area contributed by atoms with Gasteiger partial charge >= 0.3 is 12.0 Å². The van der Waals surface area contributed by atoms with E-state index in [4.69, 9.17) is 5.11 Å². The Bertz CT molecular complexity index is 374. The smallest absolute Gasteiger partial charge is 0.315 e. The van der Waals surface area contributed by atoms with Gasteiger partial charge in [0.25, 0.3) is 0 Å². The van der Waals surface area contributed by atoms with E-state index in [1.165, 1.54) is 19.3 Å². The highest BCUT2D eigenvalue weighted by Crippen LogP contribution is 2.38. The van der Waals surface area contributed by atoms with Gasteiger partial charge in [0.05, 0.1) is 6.42 Å². The minimum Gasteiger partial charge on any atom is -0.481 e. The molecule has 21 heavy (non-hydrogen) atoms. The molecule has 2 aliphatic carbocycles. The van der Waals surface area contributed by atoms with Gasteiger partial charge in [-0.15, -0.1) is 0 Å². The number of rotatable bonds is 7. The van der Waals surface area contributed by atoms with Gasteiger partial charge in [-0.2, -0.15) is 0 Å². The number of carboxylic acids is 1. The number of aliphatic carboxylic acids is 1. The van der Waals surface area contributed by atoms with E-state index in [1.807, 2.05) is 6.92 Å². The molecule has 0 aromatic carbocycles. The molecule has 5 heteroatoms. The molecule has 0 aliphatic heterocycles. The van der Waals surface area contributed by atoms with Gasteiger partial charge in [-0.1, -0.05) is 32.1 Å². The summed E-state index contributed by atoms with van der Waals surface area (Å²) >= 11 is 0. The third kappa shape index (κ3) is 5.56. The van der Waals surface area contributed by atoms with Crippen molar-refractivity contribution in [2.45, 2.75) is 70.8 Å². The average molecular weight is 296 g/mol. The Morgan fingerprint density at radius 2 is 1.90 bits per heavy atom. The number of hydrogen-bond donors (Lipinski definition) is 3. The highest BCUT2D eigenvalue weighted by atomic mass is 16.4. The second-order valence-electron chi connectivity index (χ2n) is 7.04. The number of carbonyl (C=O) groups is 2. The van der Waals surface area contributed by atoms with E-state index in [9.17, 15) is 9.59 Å². The van der Waals surface area contributed by atoms with Crippen LogP contribution in [-0.2, 0) is 4.79 Å². The average Bonchev–Trinajstić information content (AvgIpc) is 3.20. The Balaban J connectivity index is 1.76. The maximum absolute atomic E-state index is 12.0. The maximum Gasteiger partial charge on any atom is 0.315 e. The largest absolute Gasteiger partial charge is 0.481 e. The van der Waals surface area contributed by atoms with Crippen molar-refractivity contribution in [3.05, 3.63) is 0 Å². The predicted molar refractivity (Wildman–Crippen MR) is 81.1 cm³/mol. The number of nitrogens with one attached hydrogen (secondary N) is 2. The summed E-state index contributed by atoms with van der Waals surface area (Å²) in [5, 5.41) is 15.0. The predicted octanol–water partition coefficient (Wildman–Crippen LogP) is 2.90. The van der Waals surface area contributed by atoms with Crippen LogP contribution in [0.25, 0.3) is 0 Å². The molecular weight excluding hydrogens is 268 g/mol. The van der Waals surface area contributed by atoms with Gasteiger partial charge in [0.2, 0.25) is 0 Å². The van der Waals surface area contributed by atoms with Gasteiger partial charge in [-0.3, -0.25) is 4.79 Å². The van der Waals surface area contributed by atoms with Crippen LogP contribution in [0.4, 0.5) is 4.79 Å². The van der Waals surface area contributed by atoms with E-state index in [1.54, 1.807) is 0 Å². The van der Waals surface area contributed by atoms with E-state index in [0.717, 1.165) is 38.0 Å². The highest BCUT2D eigenvalue weighted by Gasteiger charge is 2.34. The van der Waals surface area contributed by atoms with Crippen LogP contribution in [0.3, 0.4) is 0 Å². The summed E-state index contributed by atoms with van der Waals surface area (Å²) in [4.78, 5) is 23.1. The summed E-state index contributed by atoms with van der Waals surface area (Å²) in [6, 6.07) is 0.0396. The van der Waals surface area contributed by atoms with Gasteiger partial charge in [0.15, 0.2) is 0 Å². The van der Waals surface area contributed by atoms with Gasteiger partial charge in [-0.25, -0.2) is 4.79 Å². The Hall–Kier alpha value is -1.26. The van der Waals surface area contributed by atoms with Crippen molar-refractivity contribution in [2.24, 2.45) is 11.3 Å². The van der Waals surface area contributed by atoms with Crippen LogP contribution in [0, 0.1) is 11.3 Å². The zero-order valence-electron chi connectivity index (χ0n) is 13.0. The quantitative estimate of drug-likeness (QED) is 0.676. The zero-order valence-corrected chi connectivity index (χ0v) is 13.0. The third-order valence-corrected chi connectivity index (χ3v) is 4.83. The fourth-order valence-electron chi connectivity index (χ4n) is 3.49. The molecule has 0 spiro atoms. The zero-order chi connectivity index (χ0) is 15.3. The standard InChI is InChI=1S/C16H28N2O3/c1-12(9-13-5-6-13)18-15(21)17-11-16(10-14(19)20)7-3-2-4-8-16/h12-13H,2-11H2,1H3,(H,19,20)(H2,17,18,21). The molecule has 2 rings (SSSR count). The molecule has 0 bridgehead atoms. The summed E-state index contributed by atoms with van der Waals surface area (Å²) in [5.74, 6) is 0.0261. The van der Waals surface area contributed by atoms with Gasteiger partial charge in [0.1, 0.15) is 0 Å². The topological polar surface area (TPSA) is 78.4 Å². The summed E-state index contributed by atoms with van der Waals surface area (Å²) in [6.45, 7) is 2.51. The molecule has 0 radical (unpaired) electrons. The molecule has 1 unspecified atom stereocenters. The van der Waals surface area contributed by atoms with Crippen LogP contribution in [0.2, 0.25) is 0 Å². The molecule has 2 amide bonds. The molecule has 3 N–H and O–H groups in total. The molecule has 2 saturated carbocycles. The van der Waals surface area contributed by atoms with Gasteiger partial charge in [-0.05, 0) is 37.5 Å². The lowest BCUT2D eigenvalue weighted by Gasteiger charge is -2.36. The first kappa shape index (κ1) is 16.1. The van der Waals surface area contributed by atoms with Crippen molar-refractivity contribution >= 4 is 12.0 Å². The lowest BCUT2D eigenvalue weighted by molar-refractivity contribution is -0.140. The van der Waals surface area contributed by atoms with Crippen molar-refractivity contribution in [1.29, 1.82) is 0 Å². The first-order valence-corrected chi connectivity index (χ1v) is 8.25. The fraction of sp³-hybridized carbons (Fsp3) is 0.875. The number of hydrogen-bond acceptors (Lipinski definition) is 2. The molecule has 0 heterocycles. The number of carbonyl (C=O) groups excluding carboxylic acids is 1. The van der Waals surface area contributed by atoms with Crippen LogP contribution < -0.4 is 10.6 Å². The van der Waals surface area contributed by atoms with E-state index < -0.39 is 5.97 Å². The van der Waals surface area contributed by atoms with Crippen molar-refractivity contribution in [2.75, 3.05) is 6.54 Å². The monoisotopic (exact) mass is 296 g/mol. The lowest BCUT2D eigenvalue weighted by Crippen LogP contribution is -2.46. The molecule has 2 fully saturated rings. The lowest BCUT2D eigenvalue weighted by atomic mass is 9.72. The fourth-order valence-corrected chi connectivity index (χ4v) is 3.49. The van der Waals surface area contributed by atoms with Crippen molar-refractivity contribution in [1.82, 2.24) is 10.6 Å². The highest BCUT2D eigenvalue weighted by molar-refractivity contribution is 5.74. The Kier molecular flexibility index (Phi) is 5.48. The van der Waals surface area contributed by atoms with E-state index in [2.05, 4.69) is 10.6 Å². The first-order chi connectivity index (χ1) is 9.99. The minimum atomic E-state index is -0.763.